The van der Waals surface area contributed by atoms with Crippen molar-refractivity contribution in [1.29, 1.82) is 0 Å². The van der Waals surface area contributed by atoms with E-state index < -0.39 is 0 Å². The van der Waals surface area contributed by atoms with Crippen LogP contribution >= 0.6 is 0 Å². The van der Waals surface area contributed by atoms with Crippen molar-refractivity contribution in [2.75, 3.05) is 7.11 Å². The molecule has 2 aromatic rings. The molecule has 0 spiro atoms. The number of phenols is 1. The van der Waals surface area contributed by atoms with Crippen LogP contribution in [0.25, 0.3) is 0 Å². The molecule has 0 aliphatic rings. The first kappa shape index (κ1) is 11.3. The Kier molecular flexibility index (Phi) is 3.50. The molecule has 88 valence electrons. The van der Waals surface area contributed by atoms with Crippen LogP contribution in [0.15, 0.2) is 48.5 Å². The maximum Gasteiger partial charge on any atom is 0.129 e. The molecule has 0 saturated heterocycles. The number of hydrogen-bond acceptors (Lipinski definition) is 3. The fraction of sp³-hybridized carbons (Fsp3) is 0.143. The normalized spacial score (nSPS) is 9.94. The van der Waals surface area contributed by atoms with E-state index in [0.29, 0.717) is 12.4 Å². The van der Waals surface area contributed by atoms with Crippen molar-refractivity contribution in [2.45, 2.75) is 6.61 Å². The summed E-state index contributed by atoms with van der Waals surface area (Å²) in [6.07, 6.45) is 0. The predicted molar refractivity (Wildman–Crippen MR) is 65.4 cm³/mol. The molecule has 0 aliphatic heterocycles. The lowest BCUT2D eigenvalue weighted by molar-refractivity contribution is 0.296. The zero-order chi connectivity index (χ0) is 12.1. The van der Waals surface area contributed by atoms with Gasteiger partial charge in [-0.05, 0) is 24.3 Å². The van der Waals surface area contributed by atoms with E-state index in [0.717, 1.165) is 11.3 Å². The summed E-state index contributed by atoms with van der Waals surface area (Å²) in [5.41, 5.74) is 0.897. The van der Waals surface area contributed by atoms with Crippen LogP contribution in [0.3, 0.4) is 0 Å². The van der Waals surface area contributed by atoms with Crippen molar-refractivity contribution in [3.63, 3.8) is 0 Å². The minimum atomic E-state index is 0.185. The number of benzene rings is 2. The van der Waals surface area contributed by atoms with Crippen molar-refractivity contribution < 1.29 is 14.6 Å². The monoisotopic (exact) mass is 230 g/mol. The van der Waals surface area contributed by atoms with Gasteiger partial charge in [0.1, 0.15) is 23.9 Å². The standard InChI is InChI=1S/C14H14O3/c1-16-14-9-12(15)8-7-11(14)10-17-13-5-3-2-4-6-13/h2-9,15H,10H2,1H3. The van der Waals surface area contributed by atoms with Gasteiger partial charge >= 0.3 is 0 Å². The molecule has 3 nitrogen and oxygen atoms in total. The van der Waals surface area contributed by atoms with E-state index in [1.807, 2.05) is 30.3 Å². The Morgan fingerprint density at radius 3 is 2.53 bits per heavy atom. The highest BCUT2D eigenvalue weighted by molar-refractivity contribution is 5.40. The van der Waals surface area contributed by atoms with E-state index in [1.54, 1.807) is 25.3 Å². The van der Waals surface area contributed by atoms with E-state index in [2.05, 4.69) is 0 Å². The summed E-state index contributed by atoms with van der Waals surface area (Å²) in [6, 6.07) is 14.5. The lowest BCUT2D eigenvalue weighted by Gasteiger charge is -2.10. The first-order chi connectivity index (χ1) is 8.29. The second-order valence-corrected chi connectivity index (χ2v) is 3.60. The molecule has 2 aromatic carbocycles. The van der Waals surface area contributed by atoms with Crippen LogP contribution in [0.4, 0.5) is 0 Å². The molecule has 0 amide bonds. The van der Waals surface area contributed by atoms with Crippen molar-refractivity contribution >= 4 is 0 Å². The van der Waals surface area contributed by atoms with Gasteiger partial charge < -0.3 is 14.6 Å². The molecule has 3 heteroatoms. The van der Waals surface area contributed by atoms with Gasteiger partial charge in [0.15, 0.2) is 0 Å². The fourth-order valence-corrected chi connectivity index (χ4v) is 1.53. The molecule has 1 N–H and O–H groups in total. The summed E-state index contributed by atoms with van der Waals surface area (Å²) in [4.78, 5) is 0. The average molecular weight is 230 g/mol. The molecule has 0 aliphatic carbocycles. The zero-order valence-electron chi connectivity index (χ0n) is 9.59. The van der Waals surface area contributed by atoms with Crippen LogP contribution in [0.5, 0.6) is 17.2 Å². The lowest BCUT2D eigenvalue weighted by atomic mass is 10.2. The largest absolute Gasteiger partial charge is 0.508 e. The number of ether oxygens (including phenoxy) is 2. The topological polar surface area (TPSA) is 38.7 Å². The van der Waals surface area contributed by atoms with E-state index in [4.69, 9.17) is 9.47 Å². The van der Waals surface area contributed by atoms with E-state index in [-0.39, 0.29) is 5.75 Å². The number of phenolic OH excluding ortho intramolecular Hbond substituents is 1. The second-order valence-electron chi connectivity index (χ2n) is 3.60. The Balaban J connectivity index is 2.09. The lowest BCUT2D eigenvalue weighted by Crippen LogP contribution is -1.98. The SMILES string of the molecule is COc1cc(O)ccc1COc1ccccc1. The quantitative estimate of drug-likeness (QED) is 0.877. The van der Waals surface area contributed by atoms with Crippen molar-refractivity contribution in [1.82, 2.24) is 0 Å². The molecule has 0 aromatic heterocycles. The highest BCUT2D eigenvalue weighted by Gasteiger charge is 2.04. The number of para-hydroxylation sites is 1. The number of aromatic hydroxyl groups is 1. The third-order valence-corrected chi connectivity index (χ3v) is 2.41. The van der Waals surface area contributed by atoms with E-state index in [1.165, 1.54) is 0 Å². The predicted octanol–water partition coefficient (Wildman–Crippen LogP) is 2.98. The van der Waals surface area contributed by atoms with E-state index in [9.17, 15) is 5.11 Å². The summed E-state index contributed by atoms with van der Waals surface area (Å²) in [6.45, 7) is 0.410. The van der Waals surface area contributed by atoms with Crippen LogP contribution in [0, 0.1) is 0 Å². The molecular weight excluding hydrogens is 216 g/mol. The Hall–Kier alpha value is -2.16. The van der Waals surface area contributed by atoms with Gasteiger partial charge in [0.2, 0.25) is 0 Å². The second kappa shape index (κ2) is 5.25. The molecule has 0 atom stereocenters. The van der Waals surface area contributed by atoms with Crippen LogP contribution in [0.2, 0.25) is 0 Å². The first-order valence-electron chi connectivity index (χ1n) is 5.33. The Labute approximate surface area is 100 Å². The highest BCUT2D eigenvalue weighted by Crippen LogP contribution is 2.25. The Bertz CT molecular complexity index is 480. The first-order valence-corrected chi connectivity index (χ1v) is 5.33. The van der Waals surface area contributed by atoms with Crippen molar-refractivity contribution in [2.24, 2.45) is 0 Å². The minimum absolute atomic E-state index is 0.185. The van der Waals surface area contributed by atoms with Crippen LogP contribution in [0.1, 0.15) is 5.56 Å². The molecule has 0 saturated carbocycles. The summed E-state index contributed by atoms with van der Waals surface area (Å²) >= 11 is 0. The van der Waals surface area contributed by atoms with Crippen LogP contribution in [-0.4, -0.2) is 12.2 Å². The molecule has 0 bridgehead atoms. The molecule has 2 rings (SSSR count). The Morgan fingerprint density at radius 1 is 1.06 bits per heavy atom. The number of hydrogen-bond donors (Lipinski definition) is 1. The highest BCUT2D eigenvalue weighted by atomic mass is 16.5. The zero-order valence-corrected chi connectivity index (χ0v) is 9.59. The smallest absolute Gasteiger partial charge is 0.129 e. The van der Waals surface area contributed by atoms with Gasteiger partial charge in [-0.2, -0.15) is 0 Å². The summed E-state index contributed by atoms with van der Waals surface area (Å²) in [5.74, 6) is 1.62. The van der Waals surface area contributed by atoms with Crippen LogP contribution in [-0.2, 0) is 6.61 Å². The molecule has 0 heterocycles. The summed E-state index contributed by atoms with van der Waals surface area (Å²) < 4.78 is 10.8. The van der Waals surface area contributed by atoms with Crippen molar-refractivity contribution in [3.05, 3.63) is 54.1 Å². The van der Waals surface area contributed by atoms with Gasteiger partial charge in [-0.3, -0.25) is 0 Å². The maximum atomic E-state index is 9.33. The summed E-state index contributed by atoms with van der Waals surface area (Å²) in [7, 11) is 1.57. The molecular formula is C14H14O3. The van der Waals surface area contributed by atoms with Gasteiger partial charge in [0.25, 0.3) is 0 Å². The van der Waals surface area contributed by atoms with Crippen molar-refractivity contribution in [3.8, 4) is 17.2 Å². The van der Waals surface area contributed by atoms with Gasteiger partial charge in [0, 0.05) is 11.6 Å². The van der Waals surface area contributed by atoms with E-state index >= 15 is 0 Å². The molecule has 0 fully saturated rings. The fourth-order valence-electron chi connectivity index (χ4n) is 1.53. The average Bonchev–Trinajstić information content (AvgIpc) is 2.38. The number of rotatable bonds is 4. The molecule has 0 unspecified atom stereocenters. The van der Waals surface area contributed by atoms with Gasteiger partial charge in [-0.1, -0.05) is 18.2 Å². The molecule has 17 heavy (non-hydrogen) atoms. The van der Waals surface area contributed by atoms with Gasteiger partial charge in [-0.15, -0.1) is 0 Å². The Morgan fingerprint density at radius 2 is 1.82 bits per heavy atom. The van der Waals surface area contributed by atoms with Gasteiger partial charge in [0.05, 0.1) is 7.11 Å². The van der Waals surface area contributed by atoms with Gasteiger partial charge in [-0.25, -0.2) is 0 Å². The number of methoxy groups -OCH3 is 1. The third-order valence-electron chi connectivity index (χ3n) is 2.41. The minimum Gasteiger partial charge on any atom is -0.508 e. The third kappa shape index (κ3) is 2.91. The molecule has 0 radical (unpaired) electrons. The van der Waals surface area contributed by atoms with Crippen LogP contribution < -0.4 is 9.47 Å². The summed E-state index contributed by atoms with van der Waals surface area (Å²) in [5, 5.41) is 9.33. The maximum absolute atomic E-state index is 9.33.